The first kappa shape index (κ1) is 22.2. The fourth-order valence-electron chi connectivity index (χ4n) is 1.30. The molecule has 12 heteroatoms. The Morgan fingerprint density at radius 3 is 2.17 bits per heavy atom. The Labute approximate surface area is 147 Å². The van der Waals surface area contributed by atoms with E-state index in [4.69, 9.17) is 5.11 Å². The molecule has 1 unspecified atom stereocenters. The predicted octanol–water partition coefficient (Wildman–Crippen LogP) is -10.4. The topological polar surface area (TPSA) is 163 Å². The summed E-state index contributed by atoms with van der Waals surface area (Å²) in [6.07, 6.45) is -4.93. The van der Waals surface area contributed by atoms with E-state index in [1.165, 1.54) is 0 Å². The number of aliphatic hydroxyl groups excluding tert-OH is 3. The van der Waals surface area contributed by atoms with E-state index in [-0.39, 0.29) is 59.1 Å². The van der Waals surface area contributed by atoms with E-state index >= 15 is 0 Å². The van der Waals surface area contributed by atoms with Crippen molar-refractivity contribution < 1.29 is 103 Å². The molecule has 1 fully saturated rings. The minimum absolute atomic E-state index is 0. The SMILES string of the molecule is O=P([O-])([O-])OC[C@H]1O[C@](O)(CO)[C@H](O)C1O.[Na+].[Na+]. The summed E-state index contributed by atoms with van der Waals surface area (Å²) in [5.41, 5.74) is 0. The van der Waals surface area contributed by atoms with E-state index in [1.54, 1.807) is 0 Å². The largest absolute Gasteiger partial charge is 1.00 e. The molecule has 96 valence electrons. The molecule has 1 aliphatic rings. The number of phosphoric ester groups is 1. The molecule has 0 bridgehead atoms. The van der Waals surface area contributed by atoms with Gasteiger partial charge in [0, 0.05) is 0 Å². The monoisotopic (exact) mass is 304 g/mol. The Morgan fingerprint density at radius 2 is 1.83 bits per heavy atom. The molecule has 0 amide bonds. The number of rotatable bonds is 4. The van der Waals surface area contributed by atoms with Crippen molar-refractivity contribution in [2.75, 3.05) is 13.2 Å². The van der Waals surface area contributed by atoms with Crippen molar-refractivity contribution in [2.24, 2.45) is 0 Å². The van der Waals surface area contributed by atoms with Crippen LogP contribution >= 0.6 is 7.82 Å². The molecule has 0 aromatic carbocycles. The molecule has 0 aromatic rings. The second kappa shape index (κ2) is 8.38. The van der Waals surface area contributed by atoms with Gasteiger partial charge in [0.15, 0.2) is 0 Å². The summed E-state index contributed by atoms with van der Waals surface area (Å²) in [7, 11) is -5.23. The molecule has 1 aliphatic heterocycles. The standard InChI is InChI=1S/C6H13O9P.2Na/c7-2-6(10)5(9)4(8)3(15-6)1-14-16(11,12)13;;/h3-5,7-10H,1-2H2,(H2,11,12,13);;/q;2*+1/p-2/t3-,4?,5-,6-;;/m1../s1. The van der Waals surface area contributed by atoms with Gasteiger partial charge in [-0.25, -0.2) is 0 Å². The number of aliphatic hydroxyl groups is 4. The third-order valence-corrected chi connectivity index (χ3v) is 2.61. The van der Waals surface area contributed by atoms with E-state index in [1.807, 2.05) is 0 Å². The third-order valence-electron chi connectivity index (χ3n) is 2.15. The first-order chi connectivity index (χ1) is 7.19. The van der Waals surface area contributed by atoms with Crippen LogP contribution < -0.4 is 68.9 Å². The Bertz CT molecular complexity index is 299. The number of phosphoric acid groups is 1. The van der Waals surface area contributed by atoms with Crippen LogP contribution in [0, 0.1) is 0 Å². The van der Waals surface area contributed by atoms with E-state index in [9.17, 15) is 29.7 Å². The van der Waals surface area contributed by atoms with Gasteiger partial charge in [0.25, 0.3) is 0 Å². The van der Waals surface area contributed by atoms with E-state index in [2.05, 4.69) is 9.26 Å². The molecule has 4 N–H and O–H groups in total. The van der Waals surface area contributed by atoms with Crippen molar-refractivity contribution >= 4 is 7.82 Å². The van der Waals surface area contributed by atoms with E-state index < -0.39 is 45.1 Å². The molecule has 1 heterocycles. The Morgan fingerprint density at radius 1 is 1.33 bits per heavy atom. The molecule has 4 atom stereocenters. The van der Waals surface area contributed by atoms with Crippen molar-refractivity contribution in [3.8, 4) is 0 Å². The molecule has 0 aromatic heterocycles. The van der Waals surface area contributed by atoms with Crippen molar-refractivity contribution in [1.29, 1.82) is 0 Å². The van der Waals surface area contributed by atoms with Gasteiger partial charge in [-0.15, -0.1) is 0 Å². The third kappa shape index (κ3) is 5.72. The van der Waals surface area contributed by atoms with Gasteiger partial charge in [0.05, 0.1) is 21.0 Å². The molecule has 1 rings (SSSR count). The van der Waals surface area contributed by atoms with Gasteiger partial charge in [-0.3, -0.25) is 0 Å². The molecule has 0 saturated carbocycles. The van der Waals surface area contributed by atoms with Gasteiger partial charge in [-0.05, 0) is 0 Å². The summed E-state index contributed by atoms with van der Waals surface area (Å²) < 4.78 is 18.6. The zero-order valence-corrected chi connectivity index (χ0v) is 14.8. The van der Waals surface area contributed by atoms with Crippen LogP contribution in [0.4, 0.5) is 0 Å². The zero-order chi connectivity index (χ0) is 12.6. The number of ether oxygens (including phenoxy) is 1. The van der Waals surface area contributed by atoms with Crippen LogP contribution in [0.25, 0.3) is 0 Å². The van der Waals surface area contributed by atoms with Crippen LogP contribution in [0.1, 0.15) is 0 Å². The molecule has 0 spiro atoms. The van der Waals surface area contributed by atoms with Crippen LogP contribution in [-0.2, 0) is 13.8 Å². The first-order valence-corrected chi connectivity index (χ1v) is 5.69. The Hall–Kier alpha value is 1.91. The van der Waals surface area contributed by atoms with E-state index in [0.717, 1.165) is 0 Å². The van der Waals surface area contributed by atoms with Crippen molar-refractivity contribution in [3.05, 3.63) is 0 Å². The second-order valence-corrected chi connectivity index (χ2v) is 4.49. The van der Waals surface area contributed by atoms with Crippen LogP contribution in [0.5, 0.6) is 0 Å². The molecule has 0 radical (unpaired) electrons. The van der Waals surface area contributed by atoms with Crippen LogP contribution in [0.3, 0.4) is 0 Å². The van der Waals surface area contributed by atoms with Crippen LogP contribution in [-0.4, -0.2) is 57.7 Å². The average molecular weight is 304 g/mol. The number of hydrogen-bond donors (Lipinski definition) is 4. The molecular formula is C6H11Na2O9P. The normalized spacial score (nSPS) is 35.8. The Balaban J connectivity index is 0. The maximum Gasteiger partial charge on any atom is 1.00 e. The fraction of sp³-hybridized carbons (Fsp3) is 1.00. The molecule has 18 heavy (non-hydrogen) atoms. The summed E-state index contributed by atoms with van der Waals surface area (Å²) in [4.78, 5) is 20.3. The molecule has 0 aliphatic carbocycles. The maximum atomic E-state index is 10.1. The van der Waals surface area contributed by atoms with E-state index in [0.29, 0.717) is 0 Å². The minimum atomic E-state index is -5.23. The predicted molar refractivity (Wildman–Crippen MR) is 42.5 cm³/mol. The average Bonchev–Trinajstić information content (AvgIpc) is 2.40. The summed E-state index contributed by atoms with van der Waals surface area (Å²) in [6, 6.07) is 0. The first-order valence-electron chi connectivity index (χ1n) is 4.23. The van der Waals surface area contributed by atoms with Crippen molar-refractivity contribution in [2.45, 2.75) is 24.1 Å². The van der Waals surface area contributed by atoms with Gasteiger partial charge in [0.1, 0.15) is 18.3 Å². The second-order valence-electron chi connectivity index (χ2n) is 3.34. The van der Waals surface area contributed by atoms with Crippen LogP contribution in [0.2, 0.25) is 0 Å². The van der Waals surface area contributed by atoms with Gasteiger partial charge < -0.3 is 44.0 Å². The van der Waals surface area contributed by atoms with Crippen molar-refractivity contribution in [3.63, 3.8) is 0 Å². The molecular weight excluding hydrogens is 293 g/mol. The van der Waals surface area contributed by atoms with Gasteiger partial charge in [-0.1, -0.05) is 0 Å². The zero-order valence-electron chi connectivity index (χ0n) is 9.92. The Kier molecular flexibility index (Phi) is 10.3. The van der Waals surface area contributed by atoms with Gasteiger partial charge in [-0.2, -0.15) is 0 Å². The van der Waals surface area contributed by atoms with Crippen LogP contribution in [0.15, 0.2) is 0 Å². The quantitative estimate of drug-likeness (QED) is 0.292. The number of hydrogen-bond acceptors (Lipinski definition) is 9. The molecule has 9 nitrogen and oxygen atoms in total. The minimum Gasteiger partial charge on any atom is -0.790 e. The maximum absolute atomic E-state index is 10.1. The summed E-state index contributed by atoms with van der Waals surface area (Å²) in [5, 5.41) is 36.6. The van der Waals surface area contributed by atoms with Gasteiger partial charge in [0.2, 0.25) is 5.79 Å². The fourth-order valence-corrected chi connectivity index (χ4v) is 1.63. The molecule has 1 saturated heterocycles. The smallest absolute Gasteiger partial charge is 0.790 e. The van der Waals surface area contributed by atoms with Crippen molar-refractivity contribution in [1.82, 2.24) is 0 Å². The van der Waals surface area contributed by atoms with Gasteiger partial charge >= 0.3 is 59.1 Å². The summed E-state index contributed by atoms with van der Waals surface area (Å²) >= 11 is 0. The summed E-state index contributed by atoms with van der Waals surface area (Å²) in [5.74, 6) is -2.40. The summed E-state index contributed by atoms with van der Waals surface area (Å²) in [6.45, 7) is -1.86.